The van der Waals surface area contributed by atoms with Gasteiger partial charge in [0.1, 0.15) is 22.5 Å². The molecule has 1 aromatic heterocycles. The molecule has 4 aromatic rings. The van der Waals surface area contributed by atoms with Crippen molar-refractivity contribution in [3.63, 3.8) is 0 Å². The van der Waals surface area contributed by atoms with Crippen LogP contribution in [0.2, 0.25) is 0 Å². The van der Waals surface area contributed by atoms with Crippen LogP contribution in [-0.2, 0) is 16.6 Å². The Balaban J connectivity index is 1.78. The first kappa shape index (κ1) is 21.4. The number of carboxylic acid groups (broad SMARTS) is 1. The first-order chi connectivity index (χ1) is 15.1. The fourth-order valence-electron chi connectivity index (χ4n) is 3.26. The molecule has 0 saturated heterocycles. The number of fused-ring (bicyclic) bond motifs is 1. The van der Waals surface area contributed by atoms with Gasteiger partial charge in [0.05, 0.1) is 5.56 Å². The normalized spacial score (nSPS) is 13.7. The average molecular weight is 441 g/mol. The molecule has 0 aliphatic rings. The van der Waals surface area contributed by atoms with Crippen molar-refractivity contribution in [1.82, 2.24) is 15.0 Å². The number of aliphatic carboxylic acids is 1. The Morgan fingerprint density at radius 2 is 1.50 bits per heavy atom. The molecule has 1 unspecified atom stereocenters. The molecule has 1 heterocycles. The van der Waals surface area contributed by atoms with Gasteiger partial charge in [0.2, 0.25) is 5.60 Å². The Kier molecular flexibility index (Phi) is 5.12. The molecule has 0 saturated carbocycles. The van der Waals surface area contributed by atoms with Crippen LogP contribution in [-0.4, -0.2) is 26.1 Å². The van der Waals surface area contributed by atoms with Gasteiger partial charge in [-0.05, 0) is 55.8 Å². The number of hydrogen-bond acceptors (Lipinski definition) is 4. The number of ether oxygens (including phenoxy) is 1. The Morgan fingerprint density at radius 3 is 2.03 bits per heavy atom. The lowest BCUT2D eigenvalue weighted by atomic mass is 9.94. The van der Waals surface area contributed by atoms with Gasteiger partial charge in [-0.3, -0.25) is 0 Å². The molecule has 1 atom stereocenters. The molecule has 0 bridgehead atoms. The fourth-order valence-corrected chi connectivity index (χ4v) is 3.26. The maximum absolute atomic E-state index is 12.9. The summed E-state index contributed by atoms with van der Waals surface area (Å²) in [6.07, 6.45) is -4.53. The number of benzene rings is 3. The predicted molar refractivity (Wildman–Crippen MR) is 111 cm³/mol. The van der Waals surface area contributed by atoms with Gasteiger partial charge in [0, 0.05) is 5.56 Å². The van der Waals surface area contributed by atoms with Crippen molar-refractivity contribution in [2.24, 2.45) is 0 Å². The first-order valence-electron chi connectivity index (χ1n) is 9.61. The zero-order chi connectivity index (χ0) is 23.1. The molecule has 164 valence electrons. The van der Waals surface area contributed by atoms with E-state index >= 15 is 0 Å². The minimum Gasteiger partial charge on any atom is -0.478 e. The summed E-state index contributed by atoms with van der Waals surface area (Å²) in [6.45, 7) is 3.14. The maximum atomic E-state index is 12.9. The van der Waals surface area contributed by atoms with E-state index in [1.165, 1.54) is 11.7 Å². The number of rotatable bonds is 5. The highest BCUT2D eigenvalue weighted by Crippen LogP contribution is 2.35. The Labute approximate surface area is 180 Å². The van der Waals surface area contributed by atoms with Crippen molar-refractivity contribution >= 4 is 17.0 Å². The third-order valence-electron chi connectivity index (χ3n) is 5.10. The van der Waals surface area contributed by atoms with Crippen molar-refractivity contribution in [3.05, 3.63) is 83.4 Å². The van der Waals surface area contributed by atoms with Gasteiger partial charge >= 0.3 is 12.1 Å². The number of aryl methyl sites for hydroxylation is 1. The minimum atomic E-state index is -4.53. The van der Waals surface area contributed by atoms with E-state index in [0.717, 1.165) is 29.8 Å². The molecule has 0 aliphatic carbocycles. The van der Waals surface area contributed by atoms with Crippen LogP contribution in [0.4, 0.5) is 13.2 Å². The van der Waals surface area contributed by atoms with E-state index in [2.05, 4.69) is 10.2 Å². The molecule has 9 heteroatoms. The molecule has 0 amide bonds. The van der Waals surface area contributed by atoms with Crippen LogP contribution < -0.4 is 4.74 Å². The zero-order valence-electron chi connectivity index (χ0n) is 17.1. The lowest BCUT2D eigenvalue weighted by Gasteiger charge is -2.28. The third kappa shape index (κ3) is 3.89. The highest BCUT2D eigenvalue weighted by atomic mass is 19.4. The second-order valence-corrected chi connectivity index (χ2v) is 7.46. The Morgan fingerprint density at radius 1 is 0.938 bits per heavy atom. The van der Waals surface area contributed by atoms with Gasteiger partial charge in [-0.1, -0.05) is 30.3 Å². The van der Waals surface area contributed by atoms with E-state index in [4.69, 9.17) is 4.74 Å². The predicted octanol–water partition coefficient (Wildman–Crippen LogP) is 5.13. The van der Waals surface area contributed by atoms with Crippen LogP contribution in [0.5, 0.6) is 5.75 Å². The summed E-state index contributed by atoms with van der Waals surface area (Å²) in [5, 5.41) is 18.8. The maximum Gasteiger partial charge on any atom is 0.416 e. The van der Waals surface area contributed by atoms with Gasteiger partial charge in [-0.25, -0.2) is 4.79 Å². The molecule has 0 fully saturated rings. The second kappa shape index (κ2) is 7.67. The van der Waals surface area contributed by atoms with Crippen LogP contribution in [0, 0.1) is 6.92 Å². The fraction of sp³-hybridized carbons (Fsp3) is 0.174. The quantitative estimate of drug-likeness (QED) is 0.465. The summed E-state index contributed by atoms with van der Waals surface area (Å²) in [5.74, 6) is -1.19. The van der Waals surface area contributed by atoms with E-state index < -0.39 is 23.3 Å². The SMILES string of the molecule is Cc1ccc(OC(C)(C(=O)O)c2ccc(C(F)(F)F)cc2)c(-n2nc3ccccc3n2)c1. The molecular weight excluding hydrogens is 423 g/mol. The summed E-state index contributed by atoms with van der Waals surface area (Å²) in [6, 6.07) is 16.1. The second-order valence-electron chi connectivity index (χ2n) is 7.46. The van der Waals surface area contributed by atoms with E-state index in [-0.39, 0.29) is 11.3 Å². The molecule has 0 radical (unpaired) electrons. The molecule has 0 aliphatic heterocycles. The minimum absolute atomic E-state index is 0.0584. The van der Waals surface area contributed by atoms with Crippen LogP contribution in [0.15, 0.2) is 66.7 Å². The number of nitrogens with zero attached hydrogens (tertiary/aromatic N) is 3. The van der Waals surface area contributed by atoms with Crippen molar-refractivity contribution in [2.75, 3.05) is 0 Å². The zero-order valence-corrected chi connectivity index (χ0v) is 17.1. The van der Waals surface area contributed by atoms with Gasteiger partial charge in [0.25, 0.3) is 0 Å². The van der Waals surface area contributed by atoms with Crippen molar-refractivity contribution in [2.45, 2.75) is 25.6 Å². The van der Waals surface area contributed by atoms with Crippen LogP contribution >= 0.6 is 0 Å². The molecular formula is C23H18F3N3O3. The molecule has 0 spiro atoms. The monoisotopic (exact) mass is 441 g/mol. The van der Waals surface area contributed by atoms with Crippen molar-refractivity contribution < 1.29 is 27.8 Å². The summed E-state index contributed by atoms with van der Waals surface area (Å²) in [7, 11) is 0. The number of halogens is 3. The standard InChI is InChI=1S/C23H18F3N3O3/c1-14-7-12-20(19(13-14)29-27-17-5-3-4-6-18(17)28-29)32-22(2,21(30)31)15-8-10-16(11-9-15)23(24,25)26/h3-13H,1-2H3,(H,30,31). The third-order valence-corrected chi connectivity index (χ3v) is 5.10. The summed E-state index contributed by atoms with van der Waals surface area (Å²) < 4.78 is 44.7. The van der Waals surface area contributed by atoms with Crippen LogP contribution in [0.3, 0.4) is 0 Å². The van der Waals surface area contributed by atoms with Gasteiger partial charge in [0.15, 0.2) is 0 Å². The first-order valence-corrected chi connectivity index (χ1v) is 9.61. The van der Waals surface area contributed by atoms with Crippen LogP contribution in [0.25, 0.3) is 16.7 Å². The molecule has 1 N–H and O–H groups in total. The molecule has 3 aromatic carbocycles. The lowest BCUT2D eigenvalue weighted by Crippen LogP contribution is -2.39. The number of aromatic nitrogens is 3. The summed E-state index contributed by atoms with van der Waals surface area (Å²) in [4.78, 5) is 13.5. The number of carbonyl (C=O) groups is 1. The van der Waals surface area contributed by atoms with Gasteiger partial charge in [-0.15, -0.1) is 15.0 Å². The number of alkyl halides is 3. The van der Waals surface area contributed by atoms with E-state index in [1.54, 1.807) is 30.3 Å². The molecule has 4 rings (SSSR count). The smallest absolute Gasteiger partial charge is 0.416 e. The largest absolute Gasteiger partial charge is 0.478 e. The number of carboxylic acids is 1. The van der Waals surface area contributed by atoms with E-state index in [1.807, 2.05) is 19.1 Å². The Bertz CT molecular complexity index is 1270. The lowest BCUT2D eigenvalue weighted by molar-refractivity contribution is -0.154. The van der Waals surface area contributed by atoms with E-state index in [9.17, 15) is 23.1 Å². The van der Waals surface area contributed by atoms with Crippen molar-refractivity contribution in [1.29, 1.82) is 0 Å². The highest BCUT2D eigenvalue weighted by Gasteiger charge is 2.40. The Hall–Kier alpha value is -3.88. The van der Waals surface area contributed by atoms with Crippen LogP contribution in [0.1, 0.15) is 23.6 Å². The molecule has 32 heavy (non-hydrogen) atoms. The summed E-state index contributed by atoms with van der Waals surface area (Å²) in [5.41, 5.74) is -0.227. The van der Waals surface area contributed by atoms with Gasteiger partial charge < -0.3 is 9.84 Å². The highest BCUT2D eigenvalue weighted by molar-refractivity contribution is 5.80. The number of hydrogen-bond donors (Lipinski definition) is 1. The molecule has 6 nitrogen and oxygen atoms in total. The average Bonchev–Trinajstić information content (AvgIpc) is 3.18. The topological polar surface area (TPSA) is 77.2 Å². The van der Waals surface area contributed by atoms with Crippen molar-refractivity contribution in [3.8, 4) is 11.4 Å². The van der Waals surface area contributed by atoms with E-state index in [0.29, 0.717) is 16.7 Å². The summed E-state index contributed by atoms with van der Waals surface area (Å²) >= 11 is 0. The van der Waals surface area contributed by atoms with Gasteiger partial charge in [-0.2, -0.15) is 13.2 Å².